The number of carboxylic acid groups (broad SMARTS) is 1. The van der Waals surface area contributed by atoms with Crippen LogP contribution in [0, 0.1) is 5.92 Å². The molecule has 0 radical (unpaired) electrons. The molecule has 0 aromatic carbocycles. The van der Waals surface area contributed by atoms with Gasteiger partial charge in [0.25, 0.3) is 0 Å². The third-order valence-electron chi connectivity index (χ3n) is 5.00. The average Bonchev–Trinajstić information content (AvgIpc) is 3.39. The maximum atomic E-state index is 12.8. The van der Waals surface area contributed by atoms with Crippen LogP contribution >= 0.6 is 22.7 Å². The summed E-state index contributed by atoms with van der Waals surface area (Å²) in [7, 11) is 0. The minimum atomic E-state index is -0.960. The molecule has 140 valence electrons. The van der Waals surface area contributed by atoms with Gasteiger partial charge < -0.3 is 5.11 Å². The smallest absolute Gasteiger partial charge is 0.303 e. The van der Waals surface area contributed by atoms with Crippen LogP contribution < -0.4 is 0 Å². The Morgan fingerprint density at radius 3 is 2.74 bits per heavy atom. The lowest BCUT2D eigenvalue weighted by molar-refractivity contribution is -0.141. The molecule has 2 aliphatic rings. The van der Waals surface area contributed by atoms with E-state index in [9.17, 15) is 9.59 Å². The quantitative estimate of drug-likeness (QED) is 0.784. The summed E-state index contributed by atoms with van der Waals surface area (Å²) in [5.41, 5.74) is 2.19. The van der Waals surface area contributed by atoms with Crippen LogP contribution in [0.4, 0.5) is 0 Å². The number of hydrogen-bond donors (Lipinski definition) is 1. The SMILES string of the molecule is O=C(O)CCC(=O)N1N=C2/C(=C\c3cccs3)CCCC2C1c1cccs1. The van der Waals surface area contributed by atoms with Crippen molar-refractivity contribution in [2.24, 2.45) is 11.0 Å². The van der Waals surface area contributed by atoms with Gasteiger partial charge in [0.05, 0.1) is 18.2 Å². The van der Waals surface area contributed by atoms with Crippen molar-refractivity contribution in [2.45, 2.75) is 38.1 Å². The molecule has 0 saturated heterocycles. The van der Waals surface area contributed by atoms with Crippen LogP contribution in [0.1, 0.15) is 47.9 Å². The van der Waals surface area contributed by atoms with Crippen molar-refractivity contribution in [2.75, 3.05) is 0 Å². The molecule has 1 fully saturated rings. The molecule has 1 amide bonds. The van der Waals surface area contributed by atoms with Gasteiger partial charge >= 0.3 is 5.97 Å². The van der Waals surface area contributed by atoms with Gasteiger partial charge in [-0.05, 0) is 53.8 Å². The highest BCUT2D eigenvalue weighted by atomic mass is 32.1. The number of hydrogen-bond acceptors (Lipinski definition) is 5. The fourth-order valence-corrected chi connectivity index (χ4v) is 5.38. The van der Waals surface area contributed by atoms with Crippen LogP contribution in [0.5, 0.6) is 0 Å². The first-order valence-electron chi connectivity index (χ1n) is 9.03. The summed E-state index contributed by atoms with van der Waals surface area (Å²) < 4.78 is 0. The van der Waals surface area contributed by atoms with Gasteiger partial charge in [-0.2, -0.15) is 5.10 Å². The number of rotatable bonds is 5. The Balaban J connectivity index is 1.68. The standard InChI is InChI=1S/C20H20N2O3S2/c23-17(8-9-18(24)25)22-20(16-7-3-11-27-16)15-6-1-4-13(19(15)21-22)12-14-5-2-10-26-14/h2-3,5,7,10-12,15,20H,1,4,6,8-9H2,(H,24,25)/b13-12-. The maximum absolute atomic E-state index is 12.8. The van der Waals surface area contributed by atoms with Crippen molar-refractivity contribution in [1.82, 2.24) is 5.01 Å². The topological polar surface area (TPSA) is 70.0 Å². The molecule has 2 aromatic heterocycles. The summed E-state index contributed by atoms with van der Waals surface area (Å²) in [6.45, 7) is 0. The molecule has 2 aromatic rings. The summed E-state index contributed by atoms with van der Waals surface area (Å²) in [4.78, 5) is 26.0. The lowest BCUT2D eigenvalue weighted by Crippen LogP contribution is -2.31. The number of hydrazone groups is 1. The van der Waals surface area contributed by atoms with Gasteiger partial charge in [0.2, 0.25) is 5.91 Å². The van der Waals surface area contributed by atoms with Crippen molar-refractivity contribution in [1.29, 1.82) is 0 Å². The second-order valence-corrected chi connectivity index (χ2v) is 8.72. The summed E-state index contributed by atoms with van der Waals surface area (Å²) in [5.74, 6) is -0.996. The monoisotopic (exact) mass is 400 g/mol. The summed E-state index contributed by atoms with van der Waals surface area (Å²) in [6, 6.07) is 8.03. The highest BCUT2D eigenvalue weighted by Crippen LogP contribution is 2.45. The maximum Gasteiger partial charge on any atom is 0.303 e. The number of carboxylic acids is 1. The molecule has 2 atom stereocenters. The van der Waals surface area contributed by atoms with Gasteiger partial charge in [-0.25, -0.2) is 5.01 Å². The zero-order valence-electron chi connectivity index (χ0n) is 14.7. The number of fused-ring (bicyclic) bond motifs is 1. The summed E-state index contributed by atoms with van der Waals surface area (Å²) in [5, 5.41) is 19.3. The molecular formula is C20H20N2O3S2. The van der Waals surface area contributed by atoms with Crippen LogP contribution in [-0.4, -0.2) is 27.7 Å². The number of thiophene rings is 2. The van der Waals surface area contributed by atoms with Gasteiger partial charge in [-0.3, -0.25) is 9.59 Å². The molecule has 1 aliphatic carbocycles. The first kappa shape index (κ1) is 18.1. The molecule has 1 saturated carbocycles. The van der Waals surface area contributed by atoms with Gasteiger partial charge in [-0.1, -0.05) is 12.1 Å². The first-order chi connectivity index (χ1) is 13.1. The van der Waals surface area contributed by atoms with Crippen LogP contribution in [0.2, 0.25) is 0 Å². The Labute approximate surface area is 165 Å². The molecule has 4 rings (SSSR count). The van der Waals surface area contributed by atoms with Gasteiger partial charge in [-0.15, -0.1) is 22.7 Å². The van der Waals surface area contributed by atoms with E-state index in [2.05, 4.69) is 17.5 Å². The van der Waals surface area contributed by atoms with E-state index >= 15 is 0 Å². The van der Waals surface area contributed by atoms with Gasteiger partial charge in [0, 0.05) is 22.1 Å². The Kier molecular flexibility index (Phi) is 5.22. The van der Waals surface area contributed by atoms with E-state index in [0.717, 1.165) is 29.9 Å². The fourth-order valence-electron chi connectivity index (χ4n) is 3.82. The predicted octanol–water partition coefficient (Wildman–Crippen LogP) is 4.80. The lowest BCUT2D eigenvalue weighted by Gasteiger charge is -2.28. The van der Waals surface area contributed by atoms with E-state index in [-0.39, 0.29) is 30.7 Å². The second-order valence-electron chi connectivity index (χ2n) is 6.76. The zero-order chi connectivity index (χ0) is 18.8. The minimum absolute atomic E-state index is 0.0231. The largest absolute Gasteiger partial charge is 0.481 e. The van der Waals surface area contributed by atoms with Crippen LogP contribution in [0.25, 0.3) is 6.08 Å². The van der Waals surface area contributed by atoms with Crippen molar-refractivity contribution < 1.29 is 14.7 Å². The van der Waals surface area contributed by atoms with Crippen molar-refractivity contribution in [3.63, 3.8) is 0 Å². The van der Waals surface area contributed by atoms with Gasteiger partial charge in [0.1, 0.15) is 0 Å². The Morgan fingerprint density at radius 1 is 1.22 bits per heavy atom. The molecule has 5 nitrogen and oxygen atoms in total. The molecule has 0 bridgehead atoms. The molecule has 1 N–H and O–H groups in total. The second kappa shape index (κ2) is 7.78. The van der Waals surface area contributed by atoms with Crippen LogP contribution in [0.3, 0.4) is 0 Å². The van der Waals surface area contributed by atoms with Crippen molar-refractivity contribution in [3.05, 3.63) is 50.4 Å². The van der Waals surface area contributed by atoms with Crippen molar-refractivity contribution >= 4 is 46.3 Å². The zero-order valence-corrected chi connectivity index (χ0v) is 16.3. The van der Waals surface area contributed by atoms with E-state index in [1.54, 1.807) is 27.7 Å². The third-order valence-corrected chi connectivity index (χ3v) is 6.77. The lowest BCUT2D eigenvalue weighted by atomic mass is 9.79. The van der Waals surface area contributed by atoms with E-state index in [4.69, 9.17) is 10.2 Å². The molecule has 7 heteroatoms. The number of aliphatic carboxylic acids is 1. The predicted molar refractivity (Wildman–Crippen MR) is 108 cm³/mol. The van der Waals surface area contributed by atoms with Crippen molar-refractivity contribution in [3.8, 4) is 0 Å². The van der Waals surface area contributed by atoms with E-state index in [1.807, 2.05) is 23.6 Å². The number of carbonyl (C=O) groups is 2. The molecule has 27 heavy (non-hydrogen) atoms. The Hall–Kier alpha value is -2.25. The highest BCUT2D eigenvalue weighted by Gasteiger charge is 2.44. The van der Waals surface area contributed by atoms with E-state index in [1.165, 1.54) is 10.5 Å². The highest BCUT2D eigenvalue weighted by molar-refractivity contribution is 7.11. The third kappa shape index (κ3) is 3.75. The average molecular weight is 401 g/mol. The van der Waals surface area contributed by atoms with Gasteiger partial charge in [0.15, 0.2) is 0 Å². The summed E-state index contributed by atoms with van der Waals surface area (Å²) in [6.07, 6.45) is 5.02. The summed E-state index contributed by atoms with van der Waals surface area (Å²) >= 11 is 3.32. The molecule has 1 aliphatic heterocycles. The number of carbonyl (C=O) groups excluding carboxylic acids is 1. The minimum Gasteiger partial charge on any atom is -0.481 e. The Bertz CT molecular complexity index is 884. The number of allylic oxidation sites excluding steroid dienone is 1. The fraction of sp³-hybridized carbons (Fsp3) is 0.350. The van der Waals surface area contributed by atoms with Crippen LogP contribution in [0.15, 0.2) is 45.7 Å². The molecular weight excluding hydrogens is 380 g/mol. The van der Waals surface area contributed by atoms with E-state index < -0.39 is 5.97 Å². The number of amides is 1. The molecule has 2 unspecified atom stereocenters. The number of nitrogens with zero attached hydrogens (tertiary/aromatic N) is 2. The molecule has 3 heterocycles. The van der Waals surface area contributed by atoms with Crippen LogP contribution in [-0.2, 0) is 9.59 Å². The Morgan fingerprint density at radius 2 is 2.04 bits per heavy atom. The normalized spacial score (nSPS) is 23.3. The molecule has 0 spiro atoms. The first-order valence-corrected chi connectivity index (χ1v) is 10.8. The van der Waals surface area contributed by atoms with E-state index in [0.29, 0.717) is 0 Å².